The second-order valence-corrected chi connectivity index (χ2v) is 8.00. The van der Waals surface area contributed by atoms with E-state index >= 15 is 0 Å². The maximum absolute atomic E-state index is 3.66. The van der Waals surface area contributed by atoms with Crippen LogP contribution in [0.5, 0.6) is 0 Å². The van der Waals surface area contributed by atoms with Crippen molar-refractivity contribution in [3.8, 4) is 0 Å². The molecule has 0 aromatic carbocycles. The first-order chi connectivity index (χ1) is 8.68. The van der Waals surface area contributed by atoms with Crippen molar-refractivity contribution in [2.45, 2.75) is 52.5 Å². The molecule has 0 aromatic rings. The number of hydrogen-bond donors (Lipinski definition) is 1. The summed E-state index contributed by atoms with van der Waals surface area (Å²) in [5.41, 5.74) is 0. The molecule has 1 heterocycles. The standard InChI is InChI=1S/C17H29N/c1-9-8-14(9)10(2)16-11(3)17(16)13-5-4-12(13)15-6-7-18-15/h9-18H,4-8H2,1-3H3. The molecule has 1 heteroatoms. The van der Waals surface area contributed by atoms with Crippen LogP contribution in [0.4, 0.5) is 0 Å². The number of nitrogens with one attached hydrogen (secondary N) is 1. The molecule has 0 spiro atoms. The van der Waals surface area contributed by atoms with Gasteiger partial charge in [0.1, 0.15) is 0 Å². The van der Waals surface area contributed by atoms with E-state index in [2.05, 4.69) is 26.1 Å². The molecular weight excluding hydrogens is 218 g/mol. The van der Waals surface area contributed by atoms with Crippen LogP contribution in [-0.4, -0.2) is 12.6 Å². The average Bonchev–Trinajstić information content (AvgIpc) is 3.10. The second kappa shape index (κ2) is 3.98. The van der Waals surface area contributed by atoms with Crippen molar-refractivity contribution in [2.24, 2.45) is 47.3 Å². The summed E-state index contributed by atoms with van der Waals surface area (Å²) in [4.78, 5) is 0. The van der Waals surface area contributed by atoms with Gasteiger partial charge in [0.15, 0.2) is 0 Å². The van der Waals surface area contributed by atoms with Gasteiger partial charge in [-0.05, 0) is 79.6 Å². The predicted octanol–water partition coefficient (Wildman–Crippen LogP) is 3.55. The molecule has 3 saturated carbocycles. The molecule has 1 saturated heterocycles. The van der Waals surface area contributed by atoms with Gasteiger partial charge in [0.05, 0.1) is 0 Å². The highest BCUT2D eigenvalue weighted by molar-refractivity contribution is 5.09. The van der Waals surface area contributed by atoms with E-state index in [1.807, 2.05) is 0 Å². The third-order valence-corrected chi connectivity index (χ3v) is 7.23. The van der Waals surface area contributed by atoms with Gasteiger partial charge in [0, 0.05) is 6.04 Å². The van der Waals surface area contributed by atoms with Crippen LogP contribution in [0, 0.1) is 47.3 Å². The largest absolute Gasteiger partial charge is 0.314 e. The first kappa shape index (κ1) is 11.8. The Morgan fingerprint density at radius 3 is 2.17 bits per heavy atom. The molecular formula is C17H29N. The van der Waals surface area contributed by atoms with Gasteiger partial charge in [-0.15, -0.1) is 0 Å². The van der Waals surface area contributed by atoms with Crippen LogP contribution in [-0.2, 0) is 0 Å². The summed E-state index contributed by atoms with van der Waals surface area (Å²) in [5, 5.41) is 3.66. The van der Waals surface area contributed by atoms with Gasteiger partial charge < -0.3 is 5.32 Å². The Balaban J connectivity index is 1.37. The molecule has 0 aromatic heterocycles. The van der Waals surface area contributed by atoms with E-state index in [1.54, 1.807) is 6.42 Å². The molecule has 9 unspecified atom stereocenters. The summed E-state index contributed by atoms with van der Waals surface area (Å²) >= 11 is 0. The minimum absolute atomic E-state index is 0.910. The molecule has 1 N–H and O–H groups in total. The minimum atomic E-state index is 0.910. The lowest BCUT2D eigenvalue weighted by Gasteiger charge is -2.47. The molecule has 9 atom stereocenters. The van der Waals surface area contributed by atoms with Crippen molar-refractivity contribution in [3.63, 3.8) is 0 Å². The molecule has 0 amide bonds. The van der Waals surface area contributed by atoms with Crippen LogP contribution in [0.2, 0.25) is 0 Å². The van der Waals surface area contributed by atoms with E-state index < -0.39 is 0 Å². The van der Waals surface area contributed by atoms with E-state index in [1.165, 1.54) is 25.8 Å². The summed E-state index contributed by atoms with van der Waals surface area (Å²) in [5.74, 6) is 8.54. The number of rotatable bonds is 4. The summed E-state index contributed by atoms with van der Waals surface area (Å²) < 4.78 is 0. The smallest absolute Gasteiger partial charge is 0.0110 e. The third-order valence-electron chi connectivity index (χ3n) is 7.23. The molecule has 4 fully saturated rings. The Labute approximate surface area is 112 Å². The lowest BCUT2D eigenvalue weighted by Crippen LogP contribution is -2.53. The molecule has 1 aliphatic heterocycles. The van der Waals surface area contributed by atoms with Crippen LogP contribution >= 0.6 is 0 Å². The molecule has 0 bridgehead atoms. The monoisotopic (exact) mass is 247 g/mol. The Bertz CT molecular complexity index is 326. The van der Waals surface area contributed by atoms with Gasteiger partial charge in [-0.1, -0.05) is 20.8 Å². The second-order valence-electron chi connectivity index (χ2n) is 8.00. The summed E-state index contributed by atoms with van der Waals surface area (Å²) in [6.45, 7) is 8.84. The highest BCUT2D eigenvalue weighted by Gasteiger charge is 2.60. The van der Waals surface area contributed by atoms with Crippen molar-refractivity contribution in [2.75, 3.05) is 6.54 Å². The Kier molecular flexibility index (Phi) is 2.60. The highest BCUT2D eigenvalue weighted by atomic mass is 15.0. The van der Waals surface area contributed by atoms with E-state index in [4.69, 9.17) is 0 Å². The lowest BCUT2D eigenvalue weighted by molar-refractivity contribution is 0.0647. The van der Waals surface area contributed by atoms with Gasteiger partial charge in [-0.3, -0.25) is 0 Å². The summed E-state index contributed by atoms with van der Waals surface area (Å²) in [6.07, 6.45) is 6.05. The van der Waals surface area contributed by atoms with Crippen molar-refractivity contribution in [1.82, 2.24) is 5.32 Å². The van der Waals surface area contributed by atoms with E-state index in [0.717, 1.165) is 53.4 Å². The quantitative estimate of drug-likeness (QED) is 0.801. The van der Waals surface area contributed by atoms with E-state index in [-0.39, 0.29) is 0 Å². The zero-order chi connectivity index (χ0) is 12.4. The maximum Gasteiger partial charge on any atom is 0.0110 e. The number of hydrogen-bond acceptors (Lipinski definition) is 1. The minimum Gasteiger partial charge on any atom is -0.314 e. The van der Waals surface area contributed by atoms with Crippen LogP contribution in [0.1, 0.15) is 46.5 Å². The molecule has 3 aliphatic carbocycles. The van der Waals surface area contributed by atoms with Crippen LogP contribution < -0.4 is 5.32 Å². The molecule has 4 rings (SSSR count). The first-order valence-electron chi connectivity index (χ1n) is 8.42. The molecule has 1 nitrogen and oxygen atoms in total. The Morgan fingerprint density at radius 1 is 1.06 bits per heavy atom. The Morgan fingerprint density at radius 2 is 1.72 bits per heavy atom. The van der Waals surface area contributed by atoms with E-state index in [9.17, 15) is 0 Å². The highest BCUT2D eigenvalue weighted by Crippen LogP contribution is 2.65. The van der Waals surface area contributed by atoms with Crippen molar-refractivity contribution < 1.29 is 0 Å². The fourth-order valence-corrected chi connectivity index (χ4v) is 5.60. The van der Waals surface area contributed by atoms with Gasteiger partial charge in [-0.25, -0.2) is 0 Å². The lowest BCUT2D eigenvalue weighted by atomic mass is 9.64. The predicted molar refractivity (Wildman–Crippen MR) is 75.2 cm³/mol. The maximum atomic E-state index is 3.66. The van der Waals surface area contributed by atoms with Crippen LogP contribution in [0.15, 0.2) is 0 Å². The molecule has 0 radical (unpaired) electrons. The fraction of sp³-hybridized carbons (Fsp3) is 1.00. The van der Waals surface area contributed by atoms with Crippen molar-refractivity contribution >= 4 is 0 Å². The third kappa shape index (κ3) is 1.62. The van der Waals surface area contributed by atoms with Gasteiger partial charge in [-0.2, -0.15) is 0 Å². The van der Waals surface area contributed by atoms with Crippen molar-refractivity contribution in [3.05, 3.63) is 0 Å². The van der Waals surface area contributed by atoms with E-state index in [0.29, 0.717) is 0 Å². The average molecular weight is 247 g/mol. The zero-order valence-corrected chi connectivity index (χ0v) is 12.2. The fourth-order valence-electron chi connectivity index (χ4n) is 5.60. The van der Waals surface area contributed by atoms with Crippen LogP contribution in [0.25, 0.3) is 0 Å². The van der Waals surface area contributed by atoms with Gasteiger partial charge in [0.2, 0.25) is 0 Å². The van der Waals surface area contributed by atoms with Crippen LogP contribution in [0.3, 0.4) is 0 Å². The molecule has 18 heavy (non-hydrogen) atoms. The Hall–Kier alpha value is -0.0400. The normalized spacial score (nSPS) is 59.5. The topological polar surface area (TPSA) is 12.0 Å². The summed E-state index contributed by atoms with van der Waals surface area (Å²) in [6, 6.07) is 0.910. The van der Waals surface area contributed by atoms with Crippen molar-refractivity contribution in [1.29, 1.82) is 0 Å². The molecule has 4 aliphatic rings. The van der Waals surface area contributed by atoms with Gasteiger partial charge >= 0.3 is 0 Å². The SMILES string of the molecule is CC1CC1C(C)C1C(C)C1C1CCC1C1CCN1. The molecule has 102 valence electrons. The zero-order valence-electron chi connectivity index (χ0n) is 12.2. The summed E-state index contributed by atoms with van der Waals surface area (Å²) in [7, 11) is 0. The van der Waals surface area contributed by atoms with Gasteiger partial charge in [0.25, 0.3) is 0 Å². The first-order valence-corrected chi connectivity index (χ1v) is 8.42.